The Kier molecular flexibility index (Phi) is 6.49. The van der Waals surface area contributed by atoms with Crippen LogP contribution in [-0.2, 0) is 14.3 Å². The van der Waals surface area contributed by atoms with E-state index in [0.29, 0.717) is 17.0 Å². The van der Waals surface area contributed by atoms with E-state index >= 15 is 0 Å². The third-order valence-electron chi connectivity index (χ3n) is 3.86. The van der Waals surface area contributed by atoms with Crippen LogP contribution >= 0.6 is 0 Å². The monoisotopic (exact) mass is 355 g/mol. The average Bonchev–Trinajstić information content (AvgIpc) is 2.62. The number of aryl methyl sites for hydroxylation is 1. The Hall–Kier alpha value is -3.15. The molecule has 1 amide bonds. The van der Waals surface area contributed by atoms with Gasteiger partial charge >= 0.3 is 5.97 Å². The van der Waals surface area contributed by atoms with Crippen molar-refractivity contribution in [1.29, 1.82) is 0 Å². The lowest BCUT2D eigenvalue weighted by molar-refractivity contribution is -0.149. The van der Waals surface area contributed by atoms with Crippen LogP contribution in [0.5, 0.6) is 5.75 Å². The van der Waals surface area contributed by atoms with E-state index in [1.807, 2.05) is 26.0 Å². The van der Waals surface area contributed by atoms with Crippen LogP contribution in [-0.4, -0.2) is 30.9 Å². The summed E-state index contributed by atoms with van der Waals surface area (Å²) in [6.45, 7) is 4.61. The van der Waals surface area contributed by atoms with E-state index in [1.54, 1.807) is 30.3 Å². The molecule has 0 aliphatic heterocycles. The molecule has 0 saturated carbocycles. The maximum Gasteiger partial charge on any atom is 0.344 e. The summed E-state index contributed by atoms with van der Waals surface area (Å²) in [6, 6.07) is 12.0. The zero-order chi connectivity index (χ0) is 19.1. The molecule has 0 fully saturated rings. The summed E-state index contributed by atoms with van der Waals surface area (Å²) in [7, 11) is 0. The number of anilines is 1. The van der Waals surface area contributed by atoms with Crippen molar-refractivity contribution >= 4 is 23.3 Å². The van der Waals surface area contributed by atoms with Crippen LogP contribution in [0.25, 0.3) is 0 Å². The van der Waals surface area contributed by atoms with Crippen LogP contribution in [0.1, 0.15) is 28.4 Å². The molecule has 2 rings (SSSR count). The van der Waals surface area contributed by atoms with E-state index in [2.05, 4.69) is 5.32 Å². The fraction of sp³-hybridized carbons (Fsp3) is 0.250. The van der Waals surface area contributed by atoms with Crippen molar-refractivity contribution in [2.75, 3.05) is 18.5 Å². The Balaban J connectivity index is 1.76. The number of esters is 1. The second-order valence-electron chi connectivity index (χ2n) is 5.83. The summed E-state index contributed by atoms with van der Waals surface area (Å²) in [4.78, 5) is 34.8. The summed E-state index contributed by atoms with van der Waals surface area (Å²) in [5, 5.41) is 2.71. The van der Waals surface area contributed by atoms with Gasteiger partial charge in [0.15, 0.2) is 19.0 Å². The summed E-state index contributed by atoms with van der Waals surface area (Å²) in [6.07, 6.45) is 0. The van der Waals surface area contributed by atoms with Gasteiger partial charge in [-0.25, -0.2) is 4.79 Å². The number of carbonyl (C=O) groups excluding carboxylic acids is 3. The van der Waals surface area contributed by atoms with Gasteiger partial charge in [-0.15, -0.1) is 0 Å². The van der Waals surface area contributed by atoms with Gasteiger partial charge in [0.25, 0.3) is 5.91 Å². The first kappa shape index (κ1) is 19.2. The molecule has 0 radical (unpaired) electrons. The number of Topliss-reactive ketones (excluding diaryl/α,β-unsaturated/α-hetero) is 1. The van der Waals surface area contributed by atoms with Crippen molar-refractivity contribution in [3.05, 3.63) is 59.2 Å². The van der Waals surface area contributed by atoms with Gasteiger partial charge in [-0.05, 0) is 62.2 Å². The molecule has 0 aliphatic rings. The highest BCUT2D eigenvalue weighted by Gasteiger charge is 2.10. The molecule has 0 aromatic heterocycles. The molecular formula is C20H21NO5. The van der Waals surface area contributed by atoms with E-state index in [-0.39, 0.29) is 12.4 Å². The fourth-order valence-corrected chi connectivity index (χ4v) is 2.19. The van der Waals surface area contributed by atoms with Crippen molar-refractivity contribution in [2.24, 2.45) is 0 Å². The number of nitrogens with one attached hydrogen (secondary N) is 1. The number of carbonyl (C=O) groups is 3. The van der Waals surface area contributed by atoms with Crippen molar-refractivity contribution in [3.63, 3.8) is 0 Å². The highest BCUT2D eigenvalue weighted by molar-refractivity contribution is 5.94. The minimum atomic E-state index is -0.656. The van der Waals surface area contributed by atoms with E-state index in [4.69, 9.17) is 9.47 Å². The first-order chi connectivity index (χ1) is 12.4. The lowest BCUT2D eigenvalue weighted by Gasteiger charge is -2.11. The predicted molar refractivity (Wildman–Crippen MR) is 97.4 cm³/mol. The maximum atomic E-state index is 11.9. The zero-order valence-electron chi connectivity index (χ0n) is 15.0. The number of benzene rings is 2. The van der Waals surface area contributed by atoms with E-state index in [0.717, 1.165) is 11.1 Å². The minimum Gasteiger partial charge on any atom is -0.482 e. The first-order valence-corrected chi connectivity index (χ1v) is 8.12. The third kappa shape index (κ3) is 5.44. The van der Waals surface area contributed by atoms with Crippen molar-refractivity contribution in [2.45, 2.75) is 20.8 Å². The number of amides is 1. The van der Waals surface area contributed by atoms with Gasteiger partial charge in [0.1, 0.15) is 5.75 Å². The number of hydrogen-bond acceptors (Lipinski definition) is 5. The molecule has 2 aromatic rings. The van der Waals surface area contributed by atoms with Gasteiger partial charge in [-0.2, -0.15) is 0 Å². The van der Waals surface area contributed by atoms with Gasteiger partial charge in [0.05, 0.1) is 0 Å². The van der Waals surface area contributed by atoms with Crippen LogP contribution in [0.3, 0.4) is 0 Å². The molecule has 1 N–H and O–H groups in total. The van der Waals surface area contributed by atoms with Gasteiger partial charge in [-0.3, -0.25) is 9.59 Å². The third-order valence-corrected chi connectivity index (χ3v) is 3.86. The second-order valence-corrected chi connectivity index (χ2v) is 5.83. The number of rotatable bonds is 7. The quantitative estimate of drug-likeness (QED) is 0.610. The van der Waals surface area contributed by atoms with Crippen LogP contribution in [0.2, 0.25) is 0 Å². The summed E-state index contributed by atoms with van der Waals surface area (Å²) in [5.74, 6) is -0.688. The molecule has 6 nitrogen and oxygen atoms in total. The number of ether oxygens (including phenoxy) is 2. The normalized spacial score (nSPS) is 10.1. The molecular weight excluding hydrogens is 334 g/mol. The van der Waals surface area contributed by atoms with Gasteiger partial charge < -0.3 is 14.8 Å². The van der Waals surface area contributed by atoms with Crippen molar-refractivity contribution in [3.8, 4) is 5.75 Å². The van der Waals surface area contributed by atoms with E-state index < -0.39 is 18.5 Å². The molecule has 0 bridgehead atoms. The molecule has 0 unspecified atom stereocenters. The Morgan fingerprint density at radius 1 is 0.962 bits per heavy atom. The molecule has 2 aromatic carbocycles. The van der Waals surface area contributed by atoms with Gasteiger partial charge in [0, 0.05) is 11.3 Å². The molecule has 0 atom stereocenters. The molecule has 0 saturated heterocycles. The smallest absolute Gasteiger partial charge is 0.344 e. The highest BCUT2D eigenvalue weighted by atomic mass is 16.6. The Morgan fingerprint density at radius 3 is 2.31 bits per heavy atom. The van der Waals surface area contributed by atoms with Crippen molar-refractivity contribution < 1.29 is 23.9 Å². The van der Waals surface area contributed by atoms with E-state index in [1.165, 1.54) is 6.92 Å². The SMILES string of the molecule is CC(=O)c1ccc(OCC(=O)OCC(=O)Nc2cccc(C)c2C)cc1. The Bertz CT molecular complexity index is 811. The molecule has 6 heteroatoms. The molecule has 0 heterocycles. The first-order valence-electron chi connectivity index (χ1n) is 8.12. The van der Waals surface area contributed by atoms with Crippen LogP contribution < -0.4 is 10.1 Å². The van der Waals surface area contributed by atoms with Crippen LogP contribution in [0, 0.1) is 13.8 Å². The van der Waals surface area contributed by atoms with Crippen LogP contribution in [0.4, 0.5) is 5.69 Å². The fourth-order valence-electron chi connectivity index (χ4n) is 2.19. The summed E-state index contributed by atoms with van der Waals surface area (Å²) < 4.78 is 10.2. The largest absolute Gasteiger partial charge is 0.482 e. The number of ketones is 1. The highest BCUT2D eigenvalue weighted by Crippen LogP contribution is 2.17. The average molecular weight is 355 g/mol. The zero-order valence-corrected chi connectivity index (χ0v) is 15.0. The summed E-state index contributed by atoms with van der Waals surface area (Å²) >= 11 is 0. The second kappa shape index (κ2) is 8.80. The topological polar surface area (TPSA) is 81.7 Å². The van der Waals surface area contributed by atoms with Gasteiger partial charge in [-0.1, -0.05) is 12.1 Å². The summed E-state index contributed by atoms with van der Waals surface area (Å²) in [5.41, 5.74) is 3.27. The van der Waals surface area contributed by atoms with Gasteiger partial charge in [0.2, 0.25) is 0 Å². The lowest BCUT2D eigenvalue weighted by atomic mass is 10.1. The number of hydrogen-bond donors (Lipinski definition) is 1. The predicted octanol–water partition coefficient (Wildman–Crippen LogP) is 3.07. The van der Waals surface area contributed by atoms with Crippen molar-refractivity contribution in [1.82, 2.24) is 0 Å². The molecule has 0 spiro atoms. The Labute approximate surface area is 152 Å². The van der Waals surface area contributed by atoms with Crippen LogP contribution in [0.15, 0.2) is 42.5 Å². The van der Waals surface area contributed by atoms with E-state index in [9.17, 15) is 14.4 Å². The Morgan fingerprint density at radius 2 is 1.65 bits per heavy atom. The molecule has 136 valence electrons. The molecule has 0 aliphatic carbocycles. The maximum absolute atomic E-state index is 11.9. The minimum absolute atomic E-state index is 0.0502. The molecule has 26 heavy (non-hydrogen) atoms. The lowest BCUT2D eigenvalue weighted by Crippen LogP contribution is -2.24. The standard InChI is InChI=1S/C20H21NO5/c1-13-5-4-6-18(14(13)2)21-19(23)11-26-20(24)12-25-17-9-7-16(8-10-17)15(3)22/h4-10H,11-12H2,1-3H3,(H,21,23).